The van der Waals surface area contributed by atoms with Crippen molar-refractivity contribution in [2.75, 3.05) is 11.1 Å². The summed E-state index contributed by atoms with van der Waals surface area (Å²) < 4.78 is 3.63. The van der Waals surface area contributed by atoms with Crippen LogP contribution in [0.15, 0.2) is 58.9 Å². The van der Waals surface area contributed by atoms with Gasteiger partial charge in [0.05, 0.1) is 27.4 Å². The molecule has 8 heteroatoms. The molecular weight excluding hydrogens is 400 g/mol. The van der Waals surface area contributed by atoms with Gasteiger partial charge >= 0.3 is 0 Å². The molecule has 27 heavy (non-hydrogen) atoms. The van der Waals surface area contributed by atoms with E-state index >= 15 is 0 Å². The van der Waals surface area contributed by atoms with E-state index < -0.39 is 0 Å². The number of carbonyl (C=O) groups is 1. The van der Waals surface area contributed by atoms with Crippen LogP contribution in [0.1, 0.15) is 5.69 Å². The van der Waals surface area contributed by atoms with Gasteiger partial charge in [0, 0.05) is 11.1 Å². The highest BCUT2D eigenvalue weighted by molar-refractivity contribution is 8.01. The smallest absolute Gasteiger partial charge is 0.235 e. The zero-order valence-corrected chi connectivity index (χ0v) is 16.7. The number of aryl methyl sites for hydroxylation is 1. The Balaban J connectivity index is 1.45. The molecule has 2 aromatic heterocycles. The van der Waals surface area contributed by atoms with Crippen LogP contribution in [0.25, 0.3) is 15.9 Å². The van der Waals surface area contributed by atoms with Crippen LogP contribution >= 0.6 is 34.7 Å². The zero-order valence-electron chi connectivity index (χ0n) is 14.3. The summed E-state index contributed by atoms with van der Waals surface area (Å²) in [6, 6.07) is 17.2. The van der Waals surface area contributed by atoms with Crippen molar-refractivity contribution in [2.45, 2.75) is 11.3 Å². The fourth-order valence-corrected chi connectivity index (χ4v) is 4.62. The monoisotopic (exact) mass is 414 g/mol. The molecule has 2 heterocycles. The fourth-order valence-electron chi connectivity index (χ4n) is 2.60. The van der Waals surface area contributed by atoms with Gasteiger partial charge in [0.2, 0.25) is 5.91 Å². The Morgan fingerprint density at radius 1 is 1.22 bits per heavy atom. The second-order valence-electron chi connectivity index (χ2n) is 5.85. The van der Waals surface area contributed by atoms with Gasteiger partial charge in [-0.2, -0.15) is 5.10 Å². The Hall–Kier alpha value is -2.35. The van der Waals surface area contributed by atoms with Crippen molar-refractivity contribution in [1.29, 1.82) is 0 Å². The number of benzene rings is 2. The van der Waals surface area contributed by atoms with Crippen LogP contribution in [-0.4, -0.2) is 26.4 Å². The maximum absolute atomic E-state index is 12.4. The predicted octanol–water partition coefficient (Wildman–Crippen LogP) is 5.17. The minimum Gasteiger partial charge on any atom is -0.310 e. The third-order valence-corrected chi connectivity index (χ3v) is 6.17. The van der Waals surface area contributed by atoms with Gasteiger partial charge in [-0.05, 0) is 37.3 Å². The van der Waals surface area contributed by atoms with E-state index in [1.165, 1.54) is 11.8 Å². The lowest BCUT2D eigenvalue weighted by Crippen LogP contribution is -2.16. The van der Waals surface area contributed by atoms with Crippen molar-refractivity contribution < 1.29 is 4.79 Å². The number of rotatable bonds is 5. The molecule has 0 bridgehead atoms. The number of hydrogen-bond acceptors (Lipinski definition) is 5. The number of amides is 1. The highest BCUT2D eigenvalue weighted by Gasteiger charge is 2.12. The van der Waals surface area contributed by atoms with Gasteiger partial charge in [-0.3, -0.25) is 4.79 Å². The first-order valence-electron chi connectivity index (χ1n) is 8.19. The van der Waals surface area contributed by atoms with Crippen molar-refractivity contribution in [1.82, 2.24) is 14.8 Å². The Morgan fingerprint density at radius 2 is 2.04 bits per heavy atom. The highest BCUT2D eigenvalue weighted by atomic mass is 35.5. The lowest BCUT2D eigenvalue weighted by molar-refractivity contribution is -0.113. The normalized spacial score (nSPS) is 11.0. The standard InChI is InChI=1S/C19H15ClN4OS2/c1-12-9-17(24(23-12)14-5-3-2-4-6-14)22-18(25)11-26-19-21-15-10-13(20)7-8-16(15)27-19/h2-10H,11H2,1H3,(H,22,25). The quantitative estimate of drug-likeness (QED) is 0.457. The maximum atomic E-state index is 12.4. The average Bonchev–Trinajstić information content (AvgIpc) is 3.23. The molecule has 0 saturated heterocycles. The number of anilines is 1. The lowest BCUT2D eigenvalue weighted by atomic mass is 10.3. The van der Waals surface area contributed by atoms with Gasteiger partial charge in [0.1, 0.15) is 5.82 Å². The number of para-hydroxylation sites is 1. The van der Waals surface area contributed by atoms with Crippen LogP contribution in [0.5, 0.6) is 0 Å². The maximum Gasteiger partial charge on any atom is 0.235 e. The number of hydrogen-bond donors (Lipinski definition) is 1. The van der Waals surface area contributed by atoms with Crippen LogP contribution in [0.3, 0.4) is 0 Å². The molecule has 0 atom stereocenters. The Bertz CT molecular complexity index is 1110. The Kier molecular flexibility index (Phi) is 5.15. The Labute approximate surface area is 169 Å². The fraction of sp³-hybridized carbons (Fsp3) is 0.105. The van der Waals surface area contributed by atoms with Gasteiger partial charge in [-0.25, -0.2) is 9.67 Å². The first-order valence-corrected chi connectivity index (χ1v) is 10.4. The number of aromatic nitrogens is 3. The summed E-state index contributed by atoms with van der Waals surface area (Å²) in [5, 5.41) is 8.06. The van der Waals surface area contributed by atoms with Crippen LogP contribution in [0, 0.1) is 6.92 Å². The number of halogens is 1. The number of fused-ring (bicyclic) bond motifs is 1. The van der Waals surface area contributed by atoms with Gasteiger partial charge in [-0.15, -0.1) is 11.3 Å². The second-order valence-corrected chi connectivity index (χ2v) is 8.54. The summed E-state index contributed by atoms with van der Waals surface area (Å²) in [4.78, 5) is 17.0. The SMILES string of the molecule is Cc1cc(NC(=O)CSc2nc3cc(Cl)ccc3s2)n(-c2ccccc2)n1. The topological polar surface area (TPSA) is 59.8 Å². The third kappa shape index (κ3) is 4.16. The van der Waals surface area contributed by atoms with E-state index in [0.29, 0.717) is 10.8 Å². The van der Waals surface area contributed by atoms with E-state index in [4.69, 9.17) is 11.6 Å². The largest absolute Gasteiger partial charge is 0.310 e. The average molecular weight is 415 g/mol. The molecule has 0 aliphatic rings. The summed E-state index contributed by atoms with van der Waals surface area (Å²) >= 11 is 8.96. The molecule has 0 radical (unpaired) electrons. The molecule has 0 unspecified atom stereocenters. The summed E-state index contributed by atoms with van der Waals surface area (Å²) in [6.07, 6.45) is 0. The number of nitrogens with one attached hydrogen (secondary N) is 1. The van der Waals surface area contributed by atoms with Gasteiger partial charge in [0.25, 0.3) is 0 Å². The van der Waals surface area contributed by atoms with E-state index in [1.807, 2.05) is 61.5 Å². The van der Waals surface area contributed by atoms with Crippen molar-refractivity contribution >= 4 is 56.6 Å². The summed E-state index contributed by atoms with van der Waals surface area (Å²) in [5.74, 6) is 0.821. The van der Waals surface area contributed by atoms with E-state index in [0.717, 1.165) is 25.9 Å². The number of carbonyl (C=O) groups excluding carboxylic acids is 1. The van der Waals surface area contributed by atoms with Crippen molar-refractivity contribution in [3.8, 4) is 5.69 Å². The minimum absolute atomic E-state index is 0.102. The van der Waals surface area contributed by atoms with Crippen LogP contribution in [0.2, 0.25) is 5.02 Å². The molecule has 136 valence electrons. The van der Waals surface area contributed by atoms with E-state index in [-0.39, 0.29) is 11.7 Å². The van der Waals surface area contributed by atoms with E-state index in [9.17, 15) is 4.79 Å². The summed E-state index contributed by atoms with van der Waals surface area (Å²) in [6.45, 7) is 1.90. The van der Waals surface area contributed by atoms with Crippen molar-refractivity contribution in [3.63, 3.8) is 0 Å². The molecule has 4 aromatic rings. The predicted molar refractivity (Wildman–Crippen MR) is 112 cm³/mol. The molecule has 0 aliphatic carbocycles. The molecule has 0 fully saturated rings. The highest BCUT2D eigenvalue weighted by Crippen LogP contribution is 2.31. The number of nitrogens with zero attached hydrogens (tertiary/aromatic N) is 3. The molecule has 5 nitrogen and oxygen atoms in total. The van der Waals surface area contributed by atoms with E-state index in [1.54, 1.807) is 16.0 Å². The van der Waals surface area contributed by atoms with Crippen LogP contribution < -0.4 is 5.32 Å². The Morgan fingerprint density at radius 3 is 2.85 bits per heavy atom. The van der Waals surface area contributed by atoms with Gasteiger partial charge < -0.3 is 5.32 Å². The molecule has 1 amide bonds. The number of thioether (sulfide) groups is 1. The van der Waals surface area contributed by atoms with Crippen LogP contribution in [0.4, 0.5) is 5.82 Å². The zero-order chi connectivity index (χ0) is 18.8. The molecule has 0 spiro atoms. The molecular formula is C19H15ClN4OS2. The van der Waals surface area contributed by atoms with E-state index in [2.05, 4.69) is 15.4 Å². The first-order chi connectivity index (χ1) is 13.1. The van der Waals surface area contributed by atoms with Crippen LogP contribution in [-0.2, 0) is 4.79 Å². The molecule has 0 aliphatic heterocycles. The summed E-state index contributed by atoms with van der Waals surface area (Å²) in [5.41, 5.74) is 2.59. The molecule has 4 rings (SSSR count). The molecule has 1 N–H and O–H groups in total. The van der Waals surface area contributed by atoms with Gasteiger partial charge in [0.15, 0.2) is 4.34 Å². The lowest BCUT2D eigenvalue weighted by Gasteiger charge is -2.08. The molecule has 0 saturated carbocycles. The first kappa shape index (κ1) is 18.0. The molecule has 2 aromatic carbocycles. The minimum atomic E-state index is -0.102. The second kappa shape index (κ2) is 7.72. The van der Waals surface area contributed by atoms with Crippen molar-refractivity contribution in [3.05, 3.63) is 65.3 Å². The third-order valence-electron chi connectivity index (χ3n) is 3.76. The van der Waals surface area contributed by atoms with Gasteiger partial charge in [-0.1, -0.05) is 41.6 Å². The number of thiazole rings is 1. The summed E-state index contributed by atoms with van der Waals surface area (Å²) in [7, 11) is 0. The van der Waals surface area contributed by atoms with Crippen molar-refractivity contribution in [2.24, 2.45) is 0 Å².